The zero-order valence-electron chi connectivity index (χ0n) is 17.9. The van der Waals surface area contributed by atoms with Gasteiger partial charge >= 0.3 is 0 Å². The number of anilines is 2. The lowest BCUT2D eigenvalue weighted by Gasteiger charge is -2.23. The van der Waals surface area contributed by atoms with Gasteiger partial charge in [0.1, 0.15) is 22.9 Å². The molecule has 5 aromatic rings. The summed E-state index contributed by atoms with van der Waals surface area (Å²) in [6.45, 7) is 2.11. The van der Waals surface area contributed by atoms with E-state index >= 15 is 0 Å². The lowest BCUT2D eigenvalue weighted by Crippen LogP contribution is -2.12. The molecule has 6 rings (SSSR count). The van der Waals surface area contributed by atoms with Gasteiger partial charge in [0.25, 0.3) is 0 Å². The van der Waals surface area contributed by atoms with Gasteiger partial charge in [-0.2, -0.15) is 0 Å². The Kier molecular flexibility index (Phi) is 4.15. The Morgan fingerprint density at radius 1 is 1.00 bits per heavy atom. The standard InChI is InChI=1S/C26H24N6/c1-15-13-21(19-7-2-3-8-20(19)27)30-22-14-17(9-10-18(15)22)23-24-25(28)29-11-12-32(24)26(31-23)16-5-4-6-16/h2-3,7-14,16H,4-6,27H2,1H3,(H2,28,29). The lowest BCUT2D eigenvalue weighted by atomic mass is 9.85. The highest BCUT2D eigenvalue weighted by molar-refractivity contribution is 5.93. The zero-order chi connectivity index (χ0) is 21.8. The van der Waals surface area contributed by atoms with Gasteiger partial charge in [0.15, 0.2) is 0 Å². The number of fused-ring (bicyclic) bond motifs is 2. The smallest absolute Gasteiger partial charge is 0.150 e. The minimum atomic E-state index is 0.478. The second kappa shape index (κ2) is 7.05. The molecule has 0 unspecified atom stereocenters. The first-order valence-corrected chi connectivity index (χ1v) is 11.0. The highest BCUT2D eigenvalue weighted by Gasteiger charge is 2.27. The molecule has 0 aliphatic heterocycles. The van der Waals surface area contributed by atoms with Crippen molar-refractivity contribution in [2.75, 3.05) is 11.5 Å². The third-order valence-corrected chi connectivity index (χ3v) is 6.61. The average molecular weight is 421 g/mol. The van der Waals surface area contributed by atoms with Gasteiger partial charge < -0.3 is 11.5 Å². The summed E-state index contributed by atoms with van der Waals surface area (Å²) in [5.74, 6) is 2.05. The summed E-state index contributed by atoms with van der Waals surface area (Å²) in [7, 11) is 0. The summed E-state index contributed by atoms with van der Waals surface area (Å²) in [5, 5.41) is 1.11. The first-order valence-electron chi connectivity index (χ1n) is 11.0. The van der Waals surface area contributed by atoms with Crippen LogP contribution in [-0.2, 0) is 0 Å². The van der Waals surface area contributed by atoms with Gasteiger partial charge in [0, 0.05) is 40.5 Å². The molecule has 0 atom stereocenters. The van der Waals surface area contributed by atoms with Crippen LogP contribution in [0.2, 0.25) is 0 Å². The second-order valence-corrected chi connectivity index (χ2v) is 8.62. The highest BCUT2D eigenvalue weighted by atomic mass is 15.1. The van der Waals surface area contributed by atoms with Crippen molar-refractivity contribution in [2.24, 2.45) is 0 Å². The largest absolute Gasteiger partial charge is 0.398 e. The maximum atomic E-state index is 6.32. The van der Waals surface area contributed by atoms with Crippen molar-refractivity contribution in [3.05, 3.63) is 72.3 Å². The van der Waals surface area contributed by atoms with Crippen molar-refractivity contribution < 1.29 is 0 Å². The van der Waals surface area contributed by atoms with E-state index < -0.39 is 0 Å². The van der Waals surface area contributed by atoms with Gasteiger partial charge in [0.05, 0.1) is 11.2 Å². The number of rotatable bonds is 3. The number of nitrogen functional groups attached to an aromatic ring is 2. The molecule has 32 heavy (non-hydrogen) atoms. The molecule has 2 aromatic carbocycles. The van der Waals surface area contributed by atoms with Crippen LogP contribution in [0.4, 0.5) is 11.5 Å². The SMILES string of the molecule is Cc1cc(-c2ccccc2N)nc2cc(-c3nc(C4CCC4)n4ccnc(N)c34)ccc12. The maximum Gasteiger partial charge on any atom is 0.150 e. The fourth-order valence-electron chi connectivity index (χ4n) is 4.66. The molecule has 1 aliphatic carbocycles. The van der Waals surface area contributed by atoms with E-state index in [-0.39, 0.29) is 0 Å². The van der Waals surface area contributed by atoms with Crippen molar-refractivity contribution >= 4 is 27.9 Å². The fraction of sp³-hybridized carbons (Fsp3) is 0.192. The molecule has 0 amide bonds. The number of aromatic nitrogens is 4. The number of nitrogens with two attached hydrogens (primary N) is 2. The van der Waals surface area contributed by atoms with Crippen LogP contribution >= 0.6 is 0 Å². The van der Waals surface area contributed by atoms with Gasteiger partial charge in [-0.25, -0.2) is 15.0 Å². The van der Waals surface area contributed by atoms with E-state index in [0.717, 1.165) is 56.0 Å². The summed E-state index contributed by atoms with van der Waals surface area (Å²) in [6.07, 6.45) is 7.30. The van der Waals surface area contributed by atoms with Crippen LogP contribution in [0, 0.1) is 6.92 Å². The summed E-state index contributed by atoms with van der Waals surface area (Å²) in [5.41, 5.74) is 19.9. The molecular weight excluding hydrogens is 396 g/mol. The van der Waals surface area contributed by atoms with Crippen LogP contribution < -0.4 is 11.5 Å². The number of hydrogen-bond acceptors (Lipinski definition) is 5. The quantitative estimate of drug-likeness (QED) is 0.384. The predicted molar refractivity (Wildman–Crippen MR) is 129 cm³/mol. The Labute approximate surface area is 186 Å². The second-order valence-electron chi connectivity index (χ2n) is 8.62. The van der Waals surface area contributed by atoms with Crippen LogP contribution in [0.3, 0.4) is 0 Å². The Morgan fingerprint density at radius 2 is 1.84 bits per heavy atom. The zero-order valence-corrected chi connectivity index (χ0v) is 17.9. The van der Waals surface area contributed by atoms with E-state index in [0.29, 0.717) is 11.7 Å². The van der Waals surface area contributed by atoms with Crippen LogP contribution in [0.15, 0.2) is 60.9 Å². The molecule has 1 aliphatic rings. The third kappa shape index (κ3) is 2.83. The topological polar surface area (TPSA) is 95.1 Å². The third-order valence-electron chi connectivity index (χ3n) is 6.61. The molecule has 0 radical (unpaired) electrons. The number of imidazole rings is 1. The molecule has 1 saturated carbocycles. The molecule has 3 heterocycles. The van der Waals surface area contributed by atoms with Crippen LogP contribution in [-0.4, -0.2) is 19.4 Å². The summed E-state index contributed by atoms with van der Waals surface area (Å²) in [4.78, 5) is 14.4. The molecule has 0 spiro atoms. The van der Waals surface area contributed by atoms with Crippen LogP contribution in [0.5, 0.6) is 0 Å². The van der Waals surface area contributed by atoms with Gasteiger partial charge in [0.2, 0.25) is 0 Å². The van der Waals surface area contributed by atoms with Crippen molar-refractivity contribution in [1.82, 2.24) is 19.4 Å². The maximum absolute atomic E-state index is 6.32. The molecule has 0 bridgehead atoms. The summed E-state index contributed by atoms with van der Waals surface area (Å²) in [6, 6.07) is 16.2. The molecule has 0 saturated heterocycles. The summed E-state index contributed by atoms with van der Waals surface area (Å²) < 4.78 is 2.12. The Balaban J connectivity index is 1.56. The minimum Gasteiger partial charge on any atom is -0.398 e. The van der Waals surface area contributed by atoms with E-state index in [9.17, 15) is 0 Å². The summed E-state index contributed by atoms with van der Waals surface area (Å²) >= 11 is 0. The number of para-hydroxylation sites is 1. The molecular formula is C26H24N6. The lowest BCUT2D eigenvalue weighted by molar-refractivity contribution is 0.400. The van der Waals surface area contributed by atoms with Gasteiger partial charge in [-0.05, 0) is 43.5 Å². The van der Waals surface area contributed by atoms with Crippen LogP contribution in [0.25, 0.3) is 38.9 Å². The normalized spacial score (nSPS) is 14.2. The number of pyridine rings is 1. The Bertz CT molecular complexity index is 1500. The van der Waals surface area contributed by atoms with Crippen molar-refractivity contribution in [3.8, 4) is 22.5 Å². The Hall–Kier alpha value is -3.93. The molecule has 6 nitrogen and oxygen atoms in total. The predicted octanol–water partition coefficient (Wildman–Crippen LogP) is 5.35. The Morgan fingerprint density at radius 3 is 2.62 bits per heavy atom. The van der Waals surface area contributed by atoms with E-state index in [1.165, 1.54) is 19.3 Å². The molecule has 3 aromatic heterocycles. The van der Waals surface area contributed by atoms with Crippen molar-refractivity contribution in [3.63, 3.8) is 0 Å². The molecule has 6 heteroatoms. The molecule has 158 valence electrons. The minimum absolute atomic E-state index is 0.478. The number of benzene rings is 2. The first-order chi connectivity index (χ1) is 15.6. The van der Waals surface area contributed by atoms with Crippen LogP contribution in [0.1, 0.15) is 36.6 Å². The van der Waals surface area contributed by atoms with E-state index in [2.05, 4.69) is 40.6 Å². The number of nitrogens with zero attached hydrogens (tertiary/aromatic N) is 4. The average Bonchev–Trinajstić information content (AvgIpc) is 3.13. The van der Waals surface area contributed by atoms with Gasteiger partial charge in [-0.1, -0.05) is 36.8 Å². The van der Waals surface area contributed by atoms with E-state index in [4.69, 9.17) is 21.4 Å². The van der Waals surface area contributed by atoms with E-state index in [1.807, 2.05) is 30.5 Å². The molecule has 4 N–H and O–H groups in total. The van der Waals surface area contributed by atoms with Crippen molar-refractivity contribution in [2.45, 2.75) is 32.1 Å². The molecule has 1 fully saturated rings. The monoisotopic (exact) mass is 420 g/mol. The van der Waals surface area contributed by atoms with E-state index in [1.54, 1.807) is 6.20 Å². The highest BCUT2D eigenvalue weighted by Crippen LogP contribution is 2.39. The van der Waals surface area contributed by atoms with Gasteiger partial charge in [-0.15, -0.1) is 0 Å². The number of hydrogen-bond donors (Lipinski definition) is 2. The fourth-order valence-corrected chi connectivity index (χ4v) is 4.66. The van der Waals surface area contributed by atoms with Crippen molar-refractivity contribution in [1.29, 1.82) is 0 Å². The first kappa shape index (κ1) is 18.8. The number of aryl methyl sites for hydroxylation is 1. The van der Waals surface area contributed by atoms with Gasteiger partial charge in [-0.3, -0.25) is 4.40 Å².